The van der Waals surface area contributed by atoms with Crippen molar-refractivity contribution in [3.63, 3.8) is 0 Å². The third-order valence-electron chi connectivity index (χ3n) is 3.89. The summed E-state index contributed by atoms with van der Waals surface area (Å²) in [7, 11) is 4.10. The van der Waals surface area contributed by atoms with Crippen molar-refractivity contribution in [3.05, 3.63) is 52.4 Å². The van der Waals surface area contributed by atoms with Crippen molar-refractivity contribution in [2.24, 2.45) is 14.1 Å². The molecule has 0 saturated carbocycles. The first-order valence-corrected chi connectivity index (χ1v) is 7.86. The third-order valence-corrected chi connectivity index (χ3v) is 4.39. The second-order valence-electron chi connectivity index (χ2n) is 5.27. The van der Waals surface area contributed by atoms with Gasteiger partial charge >= 0.3 is 0 Å². The molecule has 0 amide bonds. The molecule has 2 heterocycles. The van der Waals surface area contributed by atoms with Crippen LogP contribution in [-0.2, 0) is 27.1 Å². The molecule has 21 heavy (non-hydrogen) atoms. The van der Waals surface area contributed by atoms with Gasteiger partial charge in [-0.05, 0) is 29.7 Å². The summed E-state index contributed by atoms with van der Waals surface area (Å²) in [5.74, 6) is 0. The van der Waals surface area contributed by atoms with Crippen LogP contribution in [0.2, 0.25) is 0 Å². The second kappa shape index (κ2) is 6.03. The molecule has 0 saturated heterocycles. The van der Waals surface area contributed by atoms with Crippen molar-refractivity contribution in [2.75, 3.05) is 6.54 Å². The summed E-state index contributed by atoms with van der Waals surface area (Å²) in [4.78, 5) is 0. The Balaban J connectivity index is 1.63. The van der Waals surface area contributed by atoms with Crippen molar-refractivity contribution in [1.29, 1.82) is 0 Å². The molecule has 0 unspecified atom stereocenters. The second-order valence-corrected chi connectivity index (χ2v) is 6.19. The maximum absolute atomic E-state index is 4.19. The van der Waals surface area contributed by atoms with E-state index in [-0.39, 0.29) is 0 Å². The van der Waals surface area contributed by atoms with Crippen LogP contribution in [0, 0.1) is 0 Å². The zero-order chi connectivity index (χ0) is 14.8. The Morgan fingerprint density at radius 2 is 2.00 bits per heavy atom. The molecule has 0 radical (unpaired) electrons. The summed E-state index contributed by atoms with van der Waals surface area (Å²) in [6.45, 7) is 1.82. The molecular formula is C16H19BrN4. The molecule has 0 spiro atoms. The van der Waals surface area contributed by atoms with E-state index in [0.717, 1.165) is 24.0 Å². The van der Waals surface area contributed by atoms with Crippen LogP contribution in [0.3, 0.4) is 0 Å². The zero-order valence-electron chi connectivity index (χ0n) is 12.3. The Morgan fingerprint density at radius 3 is 2.76 bits per heavy atom. The predicted octanol–water partition coefficient (Wildman–Crippen LogP) is 3.01. The molecule has 4 nitrogen and oxygen atoms in total. The number of benzene rings is 1. The molecule has 3 aromatic rings. The molecule has 2 aromatic heterocycles. The number of aryl methyl sites for hydroxylation is 2. The molecule has 0 fully saturated rings. The number of hydrogen-bond donors (Lipinski definition) is 1. The van der Waals surface area contributed by atoms with Gasteiger partial charge in [0.1, 0.15) is 0 Å². The smallest absolute Gasteiger partial charge is 0.0492 e. The summed E-state index contributed by atoms with van der Waals surface area (Å²) in [6, 6.07) is 10.7. The van der Waals surface area contributed by atoms with Gasteiger partial charge in [-0.15, -0.1) is 0 Å². The molecule has 0 aliphatic heterocycles. The van der Waals surface area contributed by atoms with E-state index in [1.54, 1.807) is 0 Å². The van der Waals surface area contributed by atoms with Gasteiger partial charge in [-0.1, -0.05) is 22.0 Å². The summed E-state index contributed by atoms with van der Waals surface area (Å²) >= 11 is 3.53. The number of hydrogen-bond acceptors (Lipinski definition) is 2. The first-order chi connectivity index (χ1) is 10.1. The van der Waals surface area contributed by atoms with Gasteiger partial charge in [0.15, 0.2) is 0 Å². The quantitative estimate of drug-likeness (QED) is 0.720. The van der Waals surface area contributed by atoms with Gasteiger partial charge in [-0.3, -0.25) is 4.68 Å². The third kappa shape index (κ3) is 3.04. The highest BCUT2D eigenvalue weighted by molar-refractivity contribution is 9.10. The minimum Gasteiger partial charge on any atom is -0.346 e. The van der Waals surface area contributed by atoms with E-state index >= 15 is 0 Å². The molecule has 1 N–H and O–H groups in total. The number of halogens is 1. The Hall–Kier alpha value is -1.59. The highest BCUT2D eigenvalue weighted by Gasteiger charge is 2.06. The van der Waals surface area contributed by atoms with Gasteiger partial charge in [0.2, 0.25) is 0 Å². The lowest BCUT2D eigenvalue weighted by molar-refractivity contribution is 0.627. The highest BCUT2D eigenvalue weighted by Crippen LogP contribution is 2.22. The van der Waals surface area contributed by atoms with Crippen LogP contribution < -0.4 is 5.32 Å². The Kier molecular flexibility index (Phi) is 4.12. The molecule has 1 aromatic carbocycles. The number of nitrogens with zero attached hydrogens (tertiary/aromatic N) is 3. The molecule has 3 rings (SSSR count). The van der Waals surface area contributed by atoms with E-state index in [1.807, 2.05) is 17.9 Å². The Labute approximate surface area is 132 Å². The first-order valence-electron chi connectivity index (χ1n) is 7.06. The summed E-state index contributed by atoms with van der Waals surface area (Å²) in [5, 5.41) is 8.98. The molecule has 5 heteroatoms. The zero-order valence-corrected chi connectivity index (χ0v) is 13.9. The molecule has 0 aliphatic carbocycles. The van der Waals surface area contributed by atoms with E-state index in [9.17, 15) is 0 Å². The maximum Gasteiger partial charge on any atom is 0.0492 e. The van der Waals surface area contributed by atoms with E-state index in [4.69, 9.17) is 0 Å². The monoisotopic (exact) mass is 346 g/mol. The summed E-state index contributed by atoms with van der Waals surface area (Å²) < 4.78 is 5.29. The lowest BCUT2D eigenvalue weighted by atomic mass is 10.2. The lowest BCUT2D eigenvalue weighted by Gasteiger charge is -2.07. The van der Waals surface area contributed by atoms with E-state index in [1.165, 1.54) is 22.3 Å². The van der Waals surface area contributed by atoms with Crippen LogP contribution in [0.5, 0.6) is 0 Å². The fourth-order valence-electron chi connectivity index (χ4n) is 2.61. The average molecular weight is 347 g/mol. The van der Waals surface area contributed by atoms with Crippen LogP contribution in [0.1, 0.15) is 11.4 Å². The molecule has 0 bridgehead atoms. The Bertz CT molecular complexity index is 757. The molecular weight excluding hydrogens is 328 g/mol. The van der Waals surface area contributed by atoms with Crippen LogP contribution in [0.4, 0.5) is 0 Å². The molecule has 110 valence electrons. The van der Waals surface area contributed by atoms with Gasteiger partial charge in [-0.2, -0.15) is 5.10 Å². The van der Waals surface area contributed by atoms with Crippen molar-refractivity contribution in [1.82, 2.24) is 19.7 Å². The molecule has 0 atom stereocenters. The summed E-state index contributed by atoms with van der Waals surface area (Å²) in [6.07, 6.45) is 2.84. The SMILES string of the molecule is Cn1nccc1CCNCc1cc2ccc(Br)cc2n1C. The maximum atomic E-state index is 4.19. The number of aromatic nitrogens is 3. The van der Waals surface area contributed by atoms with Crippen LogP contribution in [-0.4, -0.2) is 20.9 Å². The van der Waals surface area contributed by atoms with E-state index in [2.05, 4.69) is 68.3 Å². The van der Waals surface area contributed by atoms with Gasteiger partial charge < -0.3 is 9.88 Å². The fourth-order valence-corrected chi connectivity index (χ4v) is 2.96. The predicted molar refractivity (Wildman–Crippen MR) is 89.2 cm³/mol. The van der Waals surface area contributed by atoms with Gasteiger partial charge in [0.05, 0.1) is 0 Å². The average Bonchev–Trinajstić information content (AvgIpc) is 3.00. The Morgan fingerprint density at radius 1 is 1.14 bits per heavy atom. The van der Waals surface area contributed by atoms with Crippen LogP contribution in [0.25, 0.3) is 10.9 Å². The van der Waals surface area contributed by atoms with Crippen molar-refractivity contribution >= 4 is 26.8 Å². The van der Waals surface area contributed by atoms with E-state index < -0.39 is 0 Å². The fraction of sp³-hybridized carbons (Fsp3) is 0.312. The highest BCUT2D eigenvalue weighted by atomic mass is 79.9. The van der Waals surface area contributed by atoms with Crippen LogP contribution >= 0.6 is 15.9 Å². The summed E-state index contributed by atoms with van der Waals surface area (Å²) in [5.41, 5.74) is 3.81. The van der Waals surface area contributed by atoms with Crippen molar-refractivity contribution in [2.45, 2.75) is 13.0 Å². The molecule has 0 aliphatic rings. The number of rotatable bonds is 5. The van der Waals surface area contributed by atoms with Gasteiger partial charge in [-0.25, -0.2) is 0 Å². The van der Waals surface area contributed by atoms with Crippen LogP contribution in [0.15, 0.2) is 41.0 Å². The largest absolute Gasteiger partial charge is 0.346 e. The normalized spacial score (nSPS) is 11.4. The number of fused-ring (bicyclic) bond motifs is 1. The van der Waals surface area contributed by atoms with Crippen molar-refractivity contribution in [3.8, 4) is 0 Å². The standard InChI is InChI=1S/C16H19BrN4/c1-20-15(9-12-3-4-13(17)10-16(12)20)11-18-7-5-14-6-8-19-21(14)2/h3-4,6,8-10,18H,5,7,11H2,1-2H3. The lowest BCUT2D eigenvalue weighted by Crippen LogP contribution is -2.19. The van der Waals surface area contributed by atoms with E-state index in [0.29, 0.717) is 0 Å². The van der Waals surface area contributed by atoms with Gasteiger partial charge in [0.25, 0.3) is 0 Å². The topological polar surface area (TPSA) is 34.8 Å². The minimum absolute atomic E-state index is 0.876. The van der Waals surface area contributed by atoms with Crippen molar-refractivity contribution < 1.29 is 0 Å². The first kappa shape index (κ1) is 14.4. The minimum atomic E-state index is 0.876. The van der Waals surface area contributed by atoms with Gasteiger partial charge in [0, 0.05) is 61.2 Å². The number of nitrogens with one attached hydrogen (secondary N) is 1.